The molecule has 0 saturated carbocycles. The van der Waals surface area contributed by atoms with Gasteiger partial charge in [0.05, 0.1) is 59.4 Å². The standard InChI is InChI=1S/C103H116N14O21P2/c1-11-52-132-139(117(65(3)4)66(5)6)137-84-54-90(116-64-108-94-97(116)111-100(112-99(94)122)109-88(118)36-24-50-113(7)101(123)129-57-82-78-32-20-16-28-74(78)75-29-17-21-33-79(75)82)136-87(84)60-134-140(125,133-53-12-2)138-85-55-91(135-86(85)59-131-103(69-26-14-13-15-27-69,70-42-46-72(126-9)47-43-70)71-44-48-73(127-10)49-45-71)115-63-107-93-95(105-62-106-96(93)115)110-98(121)68-40-38-67(39-41-68)56-104-89(119)61-128-92(120)37-25-51-114(8)102(124)130-58-83-80-34-22-18-30-76(80)77-31-19-23-35-81(77)83/h13-23,26-35,38-49,62-66,82-87,90-91H,11-12,24-25,36-37,50-61H2,1-10H3,(H,104,119)(H,105,106,110,121)(H2,109,111,112,118,122)/t84?,85?,86-,87-,90-,91-,139?,140?/m1/s1. The van der Waals surface area contributed by atoms with Crippen molar-refractivity contribution in [1.82, 2.24) is 58.8 Å². The molecular weight excluding hydrogens is 1830 g/mol. The molecule has 8 atom stereocenters. The highest BCUT2D eigenvalue weighted by atomic mass is 31.2. The fourth-order valence-corrected chi connectivity index (χ4v) is 21.4. The van der Waals surface area contributed by atoms with E-state index >= 15 is 4.57 Å². The summed E-state index contributed by atoms with van der Waals surface area (Å²) in [5, 5.41) is 8.36. The molecule has 2 fully saturated rings. The number of phosphoric ester groups is 1. The van der Waals surface area contributed by atoms with Crippen LogP contribution in [0.2, 0.25) is 0 Å². The molecule has 140 heavy (non-hydrogen) atoms. The van der Waals surface area contributed by atoms with Gasteiger partial charge in [-0.3, -0.25) is 57.0 Å². The number of amides is 5. The Morgan fingerprint density at radius 2 is 1.07 bits per heavy atom. The van der Waals surface area contributed by atoms with Gasteiger partial charge in [-0.05, 0) is 157 Å². The molecule has 35 nitrogen and oxygen atoms in total. The van der Waals surface area contributed by atoms with Gasteiger partial charge in [-0.25, -0.2) is 38.8 Å². The third-order valence-electron chi connectivity index (χ3n) is 25.0. The van der Waals surface area contributed by atoms with Crippen LogP contribution in [0.1, 0.15) is 172 Å². The maximum Gasteiger partial charge on any atom is 0.475 e. The minimum atomic E-state index is -4.82. The number of phosphoric acid groups is 1. The van der Waals surface area contributed by atoms with Crippen LogP contribution in [-0.2, 0) is 82.1 Å². The van der Waals surface area contributed by atoms with E-state index in [1.807, 2.05) is 181 Å². The smallest absolute Gasteiger partial charge is 0.475 e. The number of imidazole rings is 2. The number of aromatic amines is 1. The number of anilines is 2. The molecule has 8 aromatic carbocycles. The number of methoxy groups -OCH3 is 2. The molecular formula is C103H116N14O21P2. The lowest BCUT2D eigenvalue weighted by atomic mass is 9.80. The number of H-pyrrole nitrogens is 1. The van der Waals surface area contributed by atoms with Gasteiger partial charge in [-0.1, -0.05) is 178 Å². The first-order chi connectivity index (χ1) is 67.9. The molecule has 4 aliphatic rings. The molecule has 16 rings (SSSR count). The topological polar surface area (TPSA) is 392 Å². The van der Waals surface area contributed by atoms with Gasteiger partial charge in [0, 0.05) is 88.9 Å². The highest BCUT2D eigenvalue weighted by molar-refractivity contribution is 7.48. The molecule has 0 spiro atoms. The Kier molecular flexibility index (Phi) is 32.8. The summed E-state index contributed by atoms with van der Waals surface area (Å²) in [7, 11) is -0.266. The van der Waals surface area contributed by atoms with Crippen molar-refractivity contribution in [3.8, 4) is 33.8 Å². The Morgan fingerprint density at radius 3 is 1.62 bits per heavy atom. The Morgan fingerprint density at radius 1 is 0.557 bits per heavy atom. The van der Waals surface area contributed by atoms with E-state index in [1.165, 1.54) is 28.8 Å². The molecule has 0 bridgehead atoms. The van der Waals surface area contributed by atoms with Gasteiger partial charge in [0.1, 0.15) is 67.4 Å². The lowest BCUT2D eigenvalue weighted by Crippen LogP contribution is -2.38. The Bertz CT molecular complexity index is 6310. The van der Waals surface area contributed by atoms with Crippen LogP contribution in [0.4, 0.5) is 21.4 Å². The van der Waals surface area contributed by atoms with Gasteiger partial charge in [-0.15, -0.1) is 0 Å². The lowest BCUT2D eigenvalue weighted by molar-refractivity contribution is -0.148. The number of hydrogen-bond acceptors (Lipinski definition) is 27. The largest absolute Gasteiger partial charge is 0.497 e. The van der Waals surface area contributed by atoms with Crippen LogP contribution in [0.3, 0.4) is 0 Å². The van der Waals surface area contributed by atoms with Crippen molar-refractivity contribution in [2.24, 2.45) is 0 Å². The van der Waals surface area contributed by atoms with Crippen LogP contribution in [0.5, 0.6) is 11.5 Å². The molecule has 5 amide bonds. The van der Waals surface area contributed by atoms with E-state index in [0.717, 1.165) is 50.1 Å². The molecule has 734 valence electrons. The first kappa shape index (κ1) is 100.0. The fourth-order valence-electron chi connectivity index (χ4n) is 18.1. The number of ether oxygens (including phenoxy) is 8. The van der Waals surface area contributed by atoms with E-state index in [0.29, 0.717) is 47.6 Å². The van der Waals surface area contributed by atoms with Gasteiger partial charge in [0.25, 0.3) is 25.9 Å². The van der Waals surface area contributed by atoms with Gasteiger partial charge in [0.2, 0.25) is 11.9 Å². The summed E-state index contributed by atoms with van der Waals surface area (Å²) in [6, 6.07) is 63.4. The van der Waals surface area contributed by atoms with Crippen LogP contribution in [-0.4, -0.2) is 214 Å². The third-order valence-corrected chi connectivity index (χ3v) is 28.7. The third kappa shape index (κ3) is 23.0. The van der Waals surface area contributed by atoms with Gasteiger partial charge in [0.15, 0.2) is 34.8 Å². The molecule has 12 aromatic rings. The predicted octanol–water partition coefficient (Wildman–Crippen LogP) is 17.3. The van der Waals surface area contributed by atoms with Crippen LogP contribution in [0.25, 0.3) is 44.6 Å². The molecule has 2 saturated heterocycles. The van der Waals surface area contributed by atoms with Crippen LogP contribution in [0, 0.1) is 0 Å². The Hall–Kier alpha value is -13.0. The zero-order valence-electron chi connectivity index (χ0n) is 79.7. The summed E-state index contributed by atoms with van der Waals surface area (Å²) in [4.78, 5) is 123. The van der Waals surface area contributed by atoms with Crippen molar-refractivity contribution in [3.63, 3.8) is 0 Å². The zero-order valence-corrected chi connectivity index (χ0v) is 81.5. The van der Waals surface area contributed by atoms with E-state index in [-0.39, 0.29) is 148 Å². The summed E-state index contributed by atoms with van der Waals surface area (Å²) in [6.45, 7) is 11.8. The molecule has 0 radical (unpaired) electrons. The first-order valence-electron chi connectivity index (χ1n) is 47.1. The molecule has 2 aliphatic carbocycles. The summed E-state index contributed by atoms with van der Waals surface area (Å²) < 4.78 is 105. The number of nitrogens with one attached hydrogen (secondary N) is 4. The first-order valence-corrected chi connectivity index (χ1v) is 49.6. The quantitative estimate of drug-likeness (QED) is 0.0119. The van der Waals surface area contributed by atoms with Crippen molar-refractivity contribution in [2.45, 2.75) is 166 Å². The van der Waals surface area contributed by atoms with Crippen molar-refractivity contribution in [2.75, 3.05) is 98.3 Å². The molecule has 37 heteroatoms. The highest BCUT2D eigenvalue weighted by Gasteiger charge is 2.49. The number of hydrogen-bond donors (Lipinski definition) is 4. The number of rotatable bonds is 45. The number of aromatic nitrogens is 8. The SMILES string of the molecule is CCCOP(OC1C[C@H](n2cnc3c(=O)[nH]c(NC(=O)CCCN(C)C(=O)OCC4c5ccccc5-c5ccccc54)nc32)O[C@@H]1COP(=O)(OCCC)OC1C[C@H](n2cnc3c(NC(=O)c4ccc(CNC(=O)COC(=O)CCCN(C)C(=O)OCC5c6ccccc6-c6ccccc65)cc4)ncnc32)O[C@@H]1COC(c1ccccc1)(c1ccc(OC)cc1)c1ccc(OC)cc1)N(C(C)C)C(C)C. The van der Waals surface area contributed by atoms with Crippen LogP contribution < -0.4 is 31.0 Å². The van der Waals surface area contributed by atoms with E-state index in [9.17, 15) is 33.6 Å². The average molecular weight is 1950 g/mol. The van der Waals surface area contributed by atoms with E-state index in [2.05, 4.69) is 77.0 Å². The van der Waals surface area contributed by atoms with Crippen LogP contribution in [0.15, 0.2) is 224 Å². The minimum Gasteiger partial charge on any atom is -0.497 e. The number of esters is 1. The monoisotopic (exact) mass is 1950 g/mol. The second-order valence-corrected chi connectivity index (χ2v) is 38.2. The van der Waals surface area contributed by atoms with Crippen molar-refractivity contribution < 1.29 is 93.8 Å². The van der Waals surface area contributed by atoms with Crippen molar-refractivity contribution >= 4 is 86.3 Å². The van der Waals surface area contributed by atoms with Crippen molar-refractivity contribution in [1.29, 1.82) is 0 Å². The Labute approximate surface area is 812 Å². The molecule has 4 unspecified atom stereocenters. The fraction of sp³-hybridized carbons (Fsp3) is 0.379. The summed E-state index contributed by atoms with van der Waals surface area (Å²) >= 11 is 0. The summed E-state index contributed by atoms with van der Waals surface area (Å²) in [5.74, 6) is -1.33. The number of fused-ring (bicyclic) bond motifs is 8. The van der Waals surface area contributed by atoms with E-state index in [4.69, 9.17) is 70.5 Å². The normalized spacial score (nSPS) is 17.3. The maximum absolute atomic E-state index is 16.3. The van der Waals surface area contributed by atoms with E-state index < -0.39 is 113 Å². The van der Waals surface area contributed by atoms with Gasteiger partial charge >= 0.3 is 26.0 Å². The zero-order chi connectivity index (χ0) is 98.1. The minimum absolute atomic E-state index is 0.0405. The predicted molar refractivity (Wildman–Crippen MR) is 523 cm³/mol. The second-order valence-electron chi connectivity index (χ2n) is 35.1. The highest BCUT2D eigenvalue weighted by Crippen LogP contribution is 2.57. The molecule has 6 heterocycles. The van der Waals surface area contributed by atoms with Crippen molar-refractivity contribution in [3.05, 3.63) is 280 Å². The maximum atomic E-state index is 16.3. The number of carbonyl (C=O) groups excluding carboxylic acids is 6. The molecule has 2 aliphatic heterocycles. The van der Waals surface area contributed by atoms with Gasteiger partial charge < -0.3 is 67.4 Å². The second kappa shape index (κ2) is 45.9. The van der Waals surface area contributed by atoms with Gasteiger partial charge in [-0.2, -0.15) is 4.98 Å². The van der Waals surface area contributed by atoms with Crippen LogP contribution >= 0.6 is 16.3 Å². The van der Waals surface area contributed by atoms with E-state index in [1.54, 1.807) is 61.7 Å². The average Bonchev–Trinajstić information content (AvgIpc) is 0.874. The Balaban J connectivity index is 0.604. The summed E-state index contributed by atoms with van der Waals surface area (Å²) in [5.41, 5.74) is 10.2. The number of nitrogens with zero attached hydrogens (tertiary/aromatic N) is 10. The number of carbonyl (C=O) groups is 6. The molecule has 4 N–H and O–H groups in total. The lowest BCUT2D eigenvalue weighted by Gasteiger charge is -2.37. The summed E-state index contributed by atoms with van der Waals surface area (Å²) in [6.07, 6.45) is -1.60. The number of benzene rings is 8. The molecule has 4 aromatic heterocycles.